The van der Waals surface area contributed by atoms with E-state index >= 15 is 0 Å². The van der Waals surface area contributed by atoms with Crippen molar-refractivity contribution < 1.29 is 17.9 Å². The molecule has 1 N–H and O–H groups in total. The highest BCUT2D eigenvalue weighted by atomic mass is 32.2. The number of amides is 1. The lowest BCUT2D eigenvalue weighted by molar-refractivity contribution is -0.139. The van der Waals surface area contributed by atoms with Crippen LogP contribution in [0.25, 0.3) is 0 Å². The highest BCUT2D eigenvalue weighted by molar-refractivity contribution is 7.87. The average Bonchev–Trinajstić information content (AvgIpc) is 2.80. The lowest BCUT2D eigenvalue weighted by atomic mass is 9.95. The zero-order chi connectivity index (χ0) is 18.0. The number of nitrogens with zero attached hydrogens (tertiary/aromatic N) is 2. The molecule has 8 heteroatoms. The van der Waals surface area contributed by atoms with E-state index in [4.69, 9.17) is 4.74 Å². The molecule has 7 nitrogen and oxygen atoms in total. The van der Waals surface area contributed by atoms with Crippen molar-refractivity contribution in [3.63, 3.8) is 0 Å². The molecule has 1 saturated heterocycles. The lowest BCUT2D eigenvalue weighted by Crippen LogP contribution is -2.49. The molecule has 0 radical (unpaired) electrons. The van der Waals surface area contributed by atoms with E-state index in [1.807, 2.05) is 36.1 Å². The van der Waals surface area contributed by atoms with Crippen LogP contribution in [0, 0.1) is 5.92 Å². The molecule has 2 heterocycles. The van der Waals surface area contributed by atoms with Gasteiger partial charge in [0.1, 0.15) is 12.4 Å². The van der Waals surface area contributed by atoms with Crippen LogP contribution in [0.2, 0.25) is 0 Å². The van der Waals surface area contributed by atoms with E-state index in [2.05, 4.69) is 4.72 Å². The number of ether oxygens (including phenoxy) is 1. The quantitative estimate of drug-likeness (QED) is 0.864. The van der Waals surface area contributed by atoms with Gasteiger partial charge in [0.25, 0.3) is 10.2 Å². The third kappa shape index (κ3) is 3.80. The normalized spacial score (nSPS) is 22.8. The van der Waals surface area contributed by atoms with E-state index in [1.54, 1.807) is 0 Å². The molecule has 0 aromatic heterocycles. The first-order valence-electron chi connectivity index (χ1n) is 8.62. The van der Waals surface area contributed by atoms with Gasteiger partial charge in [-0.3, -0.25) is 4.79 Å². The summed E-state index contributed by atoms with van der Waals surface area (Å²) in [5.41, 5.74) is 1.01. The molecule has 0 saturated carbocycles. The summed E-state index contributed by atoms with van der Waals surface area (Å²) in [4.78, 5) is 14.9. The number of fused-ring (bicyclic) bond motifs is 1. The van der Waals surface area contributed by atoms with Crippen LogP contribution in [0.5, 0.6) is 5.75 Å². The van der Waals surface area contributed by atoms with Gasteiger partial charge in [0.05, 0.1) is 6.04 Å². The van der Waals surface area contributed by atoms with Crippen molar-refractivity contribution in [2.75, 3.05) is 26.7 Å². The van der Waals surface area contributed by atoms with E-state index in [-0.39, 0.29) is 17.9 Å². The van der Waals surface area contributed by atoms with Gasteiger partial charge in [0.2, 0.25) is 5.91 Å². The summed E-state index contributed by atoms with van der Waals surface area (Å²) in [6, 6.07) is 7.77. The number of rotatable bonds is 3. The molecule has 1 amide bonds. The molecule has 25 heavy (non-hydrogen) atoms. The SMILES string of the molecule is CNS(=O)(=O)N1CCC(C(=O)N2Cc3ccccc3OCC2C)CC1. The number of para-hydroxylation sites is 1. The molecule has 0 bridgehead atoms. The first-order chi connectivity index (χ1) is 11.9. The number of carbonyl (C=O) groups is 1. The third-order valence-corrected chi connectivity index (χ3v) is 6.57. The number of hydrogen-bond donors (Lipinski definition) is 1. The Morgan fingerprint density at radius 1 is 1.24 bits per heavy atom. The second kappa shape index (κ2) is 7.31. The van der Waals surface area contributed by atoms with Gasteiger partial charge in [-0.1, -0.05) is 18.2 Å². The molecule has 0 spiro atoms. The maximum absolute atomic E-state index is 13.0. The first-order valence-corrected chi connectivity index (χ1v) is 10.1. The average molecular weight is 367 g/mol. The zero-order valence-corrected chi connectivity index (χ0v) is 15.5. The van der Waals surface area contributed by atoms with Crippen LogP contribution in [-0.4, -0.2) is 56.3 Å². The summed E-state index contributed by atoms with van der Waals surface area (Å²) in [6.45, 7) is 3.73. The Labute approximate surface area is 149 Å². The van der Waals surface area contributed by atoms with Crippen LogP contribution in [0.4, 0.5) is 0 Å². The van der Waals surface area contributed by atoms with Crippen LogP contribution in [0.1, 0.15) is 25.3 Å². The topological polar surface area (TPSA) is 79.0 Å². The Morgan fingerprint density at radius 3 is 2.60 bits per heavy atom. The van der Waals surface area contributed by atoms with Crippen molar-refractivity contribution >= 4 is 16.1 Å². The van der Waals surface area contributed by atoms with Gasteiger partial charge in [0, 0.05) is 38.2 Å². The van der Waals surface area contributed by atoms with E-state index in [0.717, 1.165) is 11.3 Å². The summed E-state index contributed by atoms with van der Waals surface area (Å²) in [7, 11) is -2.01. The van der Waals surface area contributed by atoms with E-state index in [1.165, 1.54) is 11.4 Å². The van der Waals surface area contributed by atoms with Crippen molar-refractivity contribution in [3.8, 4) is 5.75 Å². The maximum Gasteiger partial charge on any atom is 0.279 e. The molecular formula is C17H25N3O4S. The Hall–Kier alpha value is -1.64. The summed E-state index contributed by atoms with van der Waals surface area (Å²) >= 11 is 0. The highest BCUT2D eigenvalue weighted by Crippen LogP contribution is 2.28. The smallest absolute Gasteiger partial charge is 0.279 e. The van der Waals surface area contributed by atoms with Gasteiger partial charge in [-0.05, 0) is 25.8 Å². The van der Waals surface area contributed by atoms with E-state index in [0.29, 0.717) is 39.1 Å². The van der Waals surface area contributed by atoms with Crippen LogP contribution in [-0.2, 0) is 21.5 Å². The summed E-state index contributed by atoms with van der Waals surface area (Å²) in [6.07, 6.45) is 1.09. The molecular weight excluding hydrogens is 342 g/mol. The Balaban J connectivity index is 1.69. The van der Waals surface area contributed by atoms with Crippen LogP contribution in [0.15, 0.2) is 24.3 Å². The summed E-state index contributed by atoms with van der Waals surface area (Å²) < 4.78 is 33.3. The van der Waals surface area contributed by atoms with Crippen molar-refractivity contribution in [1.82, 2.24) is 13.9 Å². The standard InChI is InChI=1S/C17H25N3O4S/c1-13-12-24-16-6-4-3-5-15(16)11-20(13)17(21)14-7-9-19(10-8-14)25(22,23)18-2/h3-6,13-14,18H,7-12H2,1-2H3. The number of piperidine rings is 1. The van der Waals surface area contributed by atoms with Gasteiger partial charge in [-0.2, -0.15) is 12.7 Å². The third-order valence-electron chi connectivity index (χ3n) is 5.01. The minimum absolute atomic E-state index is 0.0148. The van der Waals surface area contributed by atoms with Crippen LogP contribution < -0.4 is 9.46 Å². The van der Waals surface area contributed by atoms with Crippen LogP contribution >= 0.6 is 0 Å². The molecule has 138 valence electrons. The number of benzene rings is 1. The second-order valence-electron chi connectivity index (χ2n) is 6.62. The van der Waals surface area contributed by atoms with Gasteiger partial charge >= 0.3 is 0 Å². The van der Waals surface area contributed by atoms with Crippen molar-refractivity contribution in [3.05, 3.63) is 29.8 Å². The highest BCUT2D eigenvalue weighted by Gasteiger charge is 2.35. The summed E-state index contributed by atoms with van der Waals surface area (Å²) in [5, 5.41) is 0. The predicted octanol–water partition coefficient (Wildman–Crippen LogP) is 0.972. The Morgan fingerprint density at radius 2 is 1.92 bits per heavy atom. The monoisotopic (exact) mass is 367 g/mol. The number of hydrogen-bond acceptors (Lipinski definition) is 4. The molecule has 1 unspecified atom stereocenters. The lowest BCUT2D eigenvalue weighted by Gasteiger charge is -2.35. The predicted molar refractivity (Wildman–Crippen MR) is 94.2 cm³/mol. The molecule has 3 rings (SSSR count). The largest absolute Gasteiger partial charge is 0.491 e. The Bertz CT molecular complexity index is 729. The van der Waals surface area contributed by atoms with E-state index < -0.39 is 10.2 Å². The van der Waals surface area contributed by atoms with Crippen LogP contribution in [0.3, 0.4) is 0 Å². The minimum atomic E-state index is -3.41. The second-order valence-corrected chi connectivity index (χ2v) is 8.49. The van der Waals surface area contributed by atoms with Gasteiger partial charge in [-0.25, -0.2) is 4.72 Å². The molecule has 2 aliphatic heterocycles. The van der Waals surface area contributed by atoms with Gasteiger partial charge < -0.3 is 9.64 Å². The summed E-state index contributed by atoms with van der Waals surface area (Å²) in [5.74, 6) is 0.782. The molecule has 1 atom stereocenters. The Kier molecular flexibility index (Phi) is 5.31. The molecule has 1 fully saturated rings. The molecule has 1 aromatic rings. The van der Waals surface area contributed by atoms with Gasteiger partial charge in [-0.15, -0.1) is 0 Å². The number of nitrogens with one attached hydrogen (secondary N) is 1. The maximum atomic E-state index is 13.0. The minimum Gasteiger partial charge on any atom is -0.491 e. The zero-order valence-electron chi connectivity index (χ0n) is 14.6. The van der Waals surface area contributed by atoms with Crippen molar-refractivity contribution in [1.29, 1.82) is 0 Å². The molecule has 2 aliphatic rings. The fourth-order valence-electron chi connectivity index (χ4n) is 3.42. The fraction of sp³-hybridized carbons (Fsp3) is 0.588. The number of carbonyl (C=O) groups excluding carboxylic acids is 1. The van der Waals surface area contributed by atoms with Crippen molar-refractivity contribution in [2.24, 2.45) is 5.92 Å². The molecule has 0 aliphatic carbocycles. The van der Waals surface area contributed by atoms with Crippen molar-refractivity contribution in [2.45, 2.75) is 32.4 Å². The molecule has 1 aromatic carbocycles. The first kappa shape index (κ1) is 18.2. The fourth-order valence-corrected chi connectivity index (χ4v) is 4.37. The van der Waals surface area contributed by atoms with Gasteiger partial charge in [0.15, 0.2) is 0 Å². The van der Waals surface area contributed by atoms with E-state index in [9.17, 15) is 13.2 Å².